The van der Waals surface area contributed by atoms with Gasteiger partial charge in [0.15, 0.2) is 0 Å². The Kier molecular flexibility index (Phi) is 4.52. The van der Waals surface area contributed by atoms with Crippen molar-refractivity contribution in [2.45, 2.75) is 31.7 Å². The summed E-state index contributed by atoms with van der Waals surface area (Å²) in [6.45, 7) is 0.547. The molecule has 1 atom stereocenters. The van der Waals surface area contributed by atoms with E-state index in [1.807, 2.05) is 0 Å². The van der Waals surface area contributed by atoms with E-state index in [2.05, 4.69) is 0 Å². The zero-order chi connectivity index (χ0) is 15.4. The minimum Gasteiger partial charge on any atom is -0.481 e. The molecule has 7 heteroatoms. The standard InChI is InChI=1S/C14H16N2O5/c17-13(15-6-2-5-11(15)9-14(18)19)8-10-3-1-4-12(7-10)16(20)21/h1,3-4,7,11H,2,5-6,8-9H2,(H,18,19). The van der Waals surface area contributed by atoms with Gasteiger partial charge >= 0.3 is 5.97 Å². The van der Waals surface area contributed by atoms with Crippen molar-refractivity contribution >= 4 is 17.6 Å². The number of non-ortho nitro benzene ring substituents is 1. The Bertz CT molecular complexity index is 572. The number of aliphatic carboxylic acids is 1. The van der Waals surface area contributed by atoms with Crippen LogP contribution >= 0.6 is 0 Å². The number of nitro benzene ring substituents is 1. The minimum atomic E-state index is -0.921. The number of carboxylic acid groups (broad SMARTS) is 1. The molecule has 0 saturated carbocycles. The lowest BCUT2D eigenvalue weighted by Gasteiger charge is -2.23. The second kappa shape index (κ2) is 6.34. The Labute approximate surface area is 121 Å². The second-order valence-corrected chi connectivity index (χ2v) is 5.08. The van der Waals surface area contributed by atoms with Gasteiger partial charge in [-0.3, -0.25) is 19.7 Å². The Balaban J connectivity index is 2.05. The summed E-state index contributed by atoms with van der Waals surface area (Å²) in [6.07, 6.45) is 1.48. The summed E-state index contributed by atoms with van der Waals surface area (Å²) in [5, 5.41) is 19.6. The van der Waals surface area contributed by atoms with Crippen molar-refractivity contribution in [2.75, 3.05) is 6.54 Å². The van der Waals surface area contributed by atoms with E-state index in [0.29, 0.717) is 18.5 Å². The molecule has 0 aromatic heterocycles. The summed E-state index contributed by atoms with van der Waals surface area (Å²) in [6, 6.07) is 5.68. The number of carbonyl (C=O) groups excluding carboxylic acids is 1. The summed E-state index contributed by atoms with van der Waals surface area (Å²) >= 11 is 0. The third-order valence-electron chi connectivity index (χ3n) is 3.58. The van der Waals surface area contributed by atoms with E-state index in [4.69, 9.17) is 5.11 Å². The molecule has 1 saturated heterocycles. The maximum absolute atomic E-state index is 12.3. The largest absolute Gasteiger partial charge is 0.481 e. The summed E-state index contributed by atoms with van der Waals surface area (Å²) in [5.41, 5.74) is 0.513. The van der Waals surface area contributed by atoms with Crippen LogP contribution in [-0.4, -0.2) is 39.4 Å². The van der Waals surface area contributed by atoms with Crippen LogP contribution in [0.1, 0.15) is 24.8 Å². The molecule has 21 heavy (non-hydrogen) atoms. The van der Waals surface area contributed by atoms with Gasteiger partial charge in [-0.2, -0.15) is 0 Å². The van der Waals surface area contributed by atoms with Crippen molar-refractivity contribution in [3.8, 4) is 0 Å². The third-order valence-corrected chi connectivity index (χ3v) is 3.58. The summed E-state index contributed by atoms with van der Waals surface area (Å²) < 4.78 is 0. The van der Waals surface area contributed by atoms with Gasteiger partial charge in [-0.05, 0) is 18.4 Å². The van der Waals surface area contributed by atoms with Crippen molar-refractivity contribution in [3.63, 3.8) is 0 Å². The second-order valence-electron chi connectivity index (χ2n) is 5.08. The van der Waals surface area contributed by atoms with E-state index < -0.39 is 10.9 Å². The van der Waals surface area contributed by atoms with Crippen LogP contribution in [0.15, 0.2) is 24.3 Å². The molecule has 1 unspecified atom stereocenters. The van der Waals surface area contributed by atoms with Crippen LogP contribution < -0.4 is 0 Å². The molecule has 0 radical (unpaired) electrons. The summed E-state index contributed by atoms with van der Waals surface area (Å²) in [5.74, 6) is -1.10. The normalized spacial score (nSPS) is 17.7. The fourth-order valence-electron chi connectivity index (χ4n) is 2.63. The molecule has 0 spiro atoms. The molecule has 1 heterocycles. The lowest BCUT2D eigenvalue weighted by molar-refractivity contribution is -0.384. The van der Waals surface area contributed by atoms with E-state index in [1.54, 1.807) is 17.0 Å². The zero-order valence-electron chi connectivity index (χ0n) is 11.4. The van der Waals surface area contributed by atoms with Gasteiger partial charge in [0.1, 0.15) is 0 Å². The summed E-state index contributed by atoms with van der Waals surface area (Å²) in [4.78, 5) is 34.8. The van der Waals surface area contributed by atoms with Crippen molar-refractivity contribution < 1.29 is 19.6 Å². The highest BCUT2D eigenvalue weighted by molar-refractivity contribution is 5.80. The first-order chi connectivity index (χ1) is 9.97. The number of likely N-dealkylation sites (tertiary alicyclic amines) is 1. The predicted molar refractivity (Wildman–Crippen MR) is 73.8 cm³/mol. The minimum absolute atomic E-state index is 0.0520. The van der Waals surface area contributed by atoms with Crippen LogP contribution in [0.4, 0.5) is 5.69 Å². The highest BCUT2D eigenvalue weighted by Crippen LogP contribution is 2.22. The number of carboxylic acids is 1. The molecular weight excluding hydrogens is 276 g/mol. The monoisotopic (exact) mass is 292 g/mol. The Morgan fingerprint density at radius 1 is 1.43 bits per heavy atom. The highest BCUT2D eigenvalue weighted by Gasteiger charge is 2.30. The van der Waals surface area contributed by atoms with Crippen LogP contribution in [0.2, 0.25) is 0 Å². The Morgan fingerprint density at radius 3 is 2.86 bits per heavy atom. The van der Waals surface area contributed by atoms with Gasteiger partial charge in [-0.1, -0.05) is 12.1 Å². The smallest absolute Gasteiger partial charge is 0.305 e. The molecule has 1 fully saturated rings. The van der Waals surface area contributed by atoms with Gasteiger partial charge in [-0.25, -0.2) is 0 Å². The average molecular weight is 292 g/mol. The van der Waals surface area contributed by atoms with E-state index >= 15 is 0 Å². The number of carbonyl (C=O) groups is 2. The molecule has 1 aliphatic heterocycles. The van der Waals surface area contributed by atoms with Gasteiger partial charge in [0.05, 0.1) is 17.8 Å². The molecule has 1 aliphatic rings. The Morgan fingerprint density at radius 2 is 2.19 bits per heavy atom. The number of hydrogen-bond donors (Lipinski definition) is 1. The quantitative estimate of drug-likeness (QED) is 0.656. The third kappa shape index (κ3) is 3.77. The first kappa shape index (κ1) is 15.0. The first-order valence-electron chi connectivity index (χ1n) is 6.72. The number of rotatable bonds is 5. The predicted octanol–water partition coefficient (Wildman–Crippen LogP) is 1.60. The van der Waals surface area contributed by atoms with Gasteiger partial charge in [0, 0.05) is 24.7 Å². The van der Waals surface area contributed by atoms with Crippen molar-refractivity contribution in [1.29, 1.82) is 0 Å². The van der Waals surface area contributed by atoms with E-state index in [1.165, 1.54) is 12.1 Å². The molecule has 1 amide bonds. The fourth-order valence-corrected chi connectivity index (χ4v) is 2.63. The first-order valence-corrected chi connectivity index (χ1v) is 6.72. The number of hydrogen-bond acceptors (Lipinski definition) is 4. The molecule has 112 valence electrons. The van der Waals surface area contributed by atoms with Crippen molar-refractivity contribution in [3.05, 3.63) is 39.9 Å². The molecule has 1 N–H and O–H groups in total. The number of nitro groups is 1. The molecule has 1 aromatic carbocycles. The van der Waals surface area contributed by atoms with Crippen LogP contribution in [-0.2, 0) is 16.0 Å². The molecular formula is C14H16N2O5. The number of amides is 1. The van der Waals surface area contributed by atoms with Crippen LogP contribution in [0, 0.1) is 10.1 Å². The Hall–Kier alpha value is -2.44. The van der Waals surface area contributed by atoms with Crippen molar-refractivity contribution in [2.24, 2.45) is 0 Å². The average Bonchev–Trinajstić information content (AvgIpc) is 2.86. The fraction of sp³-hybridized carbons (Fsp3) is 0.429. The SMILES string of the molecule is O=C(O)CC1CCCN1C(=O)Cc1cccc([N+](=O)[O-])c1. The topological polar surface area (TPSA) is 101 Å². The molecule has 0 bridgehead atoms. The van der Waals surface area contributed by atoms with Gasteiger partial charge in [-0.15, -0.1) is 0 Å². The lowest BCUT2D eigenvalue weighted by atomic mass is 10.1. The van der Waals surface area contributed by atoms with E-state index in [0.717, 1.165) is 6.42 Å². The molecule has 0 aliphatic carbocycles. The number of nitrogens with zero attached hydrogens (tertiary/aromatic N) is 2. The maximum Gasteiger partial charge on any atom is 0.305 e. The van der Waals surface area contributed by atoms with E-state index in [-0.39, 0.29) is 30.5 Å². The van der Waals surface area contributed by atoms with Crippen LogP contribution in [0.25, 0.3) is 0 Å². The zero-order valence-corrected chi connectivity index (χ0v) is 11.4. The lowest BCUT2D eigenvalue weighted by Crippen LogP contribution is -2.37. The van der Waals surface area contributed by atoms with Crippen molar-refractivity contribution in [1.82, 2.24) is 4.90 Å². The van der Waals surface area contributed by atoms with Crippen LogP contribution in [0.5, 0.6) is 0 Å². The van der Waals surface area contributed by atoms with E-state index in [9.17, 15) is 19.7 Å². The molecule has 2 rings (SSSR count). The van der Waals surface area contributed by atoms with Gasteiger partial charge < -0.3 is 10.0 Å². The highest BCUT2D eigenvalue weighted by atomic mass is 16.6. The molecule has 7 nitrogen and oxygen atoms in total. The summed E-state index contributed by atoms with van der Waals surface area (Å²) in [7, 11) is 0. The number of benzene rings is 1. The van der Waals surface area contributed by atoms with Gasteiger partial charge in [0.2, 0.25) is 5.91 Å². The molecule has 1 aromatic rings. The van der Waals surface area contributed by atoms with Crippen LogP contribution in [0.3, 0.4) is 0 Å². The van der Waals surface area contributed by atoms with Gasteiger partial charge in [0.25, 0.3) is 5.69 Å². The maximum atomic E-state index is 12.3.